The minimum absolute atomic E-state index is 0.105. The van der Waals surface area contributed by atoms with Gasteiger partial charge in [-0.05, 0) is 6.42 Å². The maximum absolute atomic E-state index is 13.5. The van der Waals surface area contributed by atoms with Gasteiger partial charge in [0.05, 0.1) is 13.2 Å². The Labute approximate surface area is 194 Å². The van der Waals surface area contributed by atoms with Crippen LogP contribution in [0.1, 0.15) is 64.7 Å². The molecule has 0 N–H and O–H groups in total. The summed E-state index contributed by atoms with van der Waals surface area (Å²) in [6.45, 7) is 0.383. The van der Waals surface area contributed by atoms with Gasteiger partial charge in [0.15, 0.2) is 0 Å². The number of hydrogen-bond acceptors (Lipinski definition) is 4. The number of carbonyl (C=O) groups excluding carboxylic acids is 3. The summed E-state index contributed by atoms with van der Waals surface area (Å²) in [7, 11) is 1.53. The lowest BCUT2D eigenvalue weighted by Crippen LogP contribution is -2.60. The van der Waals surface area contributed by atoms with Crippen LogP contribution in [-0.4, -0.2) is 79.4 Å². The quantitative estimate of drug-likeness (QED) is 0.170. The van der Waals surface area contributed by atoms with Crippen LogP contribution >= 0.6 is 0 Å². The summed E-state index contributed by atoms with van der Waals surface area (Å²) in [5.74, 6) is -17.6. The first-order valence-electron chi connectivity index (χ1n) is 11.1. The Kier molecular flexibility index (Phi) is 13.5. The number of hydrogen-bond donors (Lipinski definition) is 0. The number of alkyl halides is 7. The second-order valence-corrected chi connectivity index (χ2v) is 8.11. The summed E-state index contributed by atoms with van der Waals surface area (Å²) >= 11 is 0. The summed E-state index contributed by atoms with van der Waals surface area (Å²) < 4.78 is 94.5. The minimum atomic E-state index is -6.67. The molecule has 0 aromatic rings. The van der Waals surface area contributed by atoms with Crippen molar-refractivity contribution >= 4 is 17.8 Å². The standard InChI is InChI=1S/C21H33F7N2O4/c1-4-5-6-7-8-9-10-11-12-13-34-17(32)15-29(2)16(31)14-30(3)18(33)19(22,23)20(24,25)21(26,27)28/h4-15H2,1-3H3. The molecule has 0 heterocycles. The van der Waals surface area contributed by atoms with Gasteiger partial charge in [-0.15, -0.1) is 0 Å². The summed E-state index contributed by atoms with van der Waals surface area (Å²) in [6.07, 6.45) is 2.79. The summed E-state index contributed by atoms with van der Waals surface area (Å²) in [5.41, 5.74) is 0. The summed E-state index contributed by atoms with van der Waals surface area (Å²) in [6, 6.07) is 0. The van der Waals surface area contributed by atoms with Crippen LogP contribution in [0.2, 0.25) is 0 Å². The lowest BCUT2D eigenvalue weighted by atomic mass is 10.1. The Balaban J connectivity index is 4.37. The molecule has 13 heteroatoms. The zero-order valence-corrected chi connectivity index (χ0v) is 19.7. The molecule has 0 aromatic heterocycles. The first-order valence-corrected chi connectivity index (χ1v) is 11.1. The van der Waals surface area contributed by atoms with E-state index in [9.17, 15) is 45.1 Å². The Hall–Kier alpha value is -2.08. The minimum Gasteiger partial charge on any atom is -0.464 e. The highest BCUT2D eigenvalue weighted by molar-refractivity contribution is 5.90. The average Bonchev–Trinajstić information content (AvgIpc) is 2.73. The van der Waals surface area contributed by atoms with Crippen LogP contribution in [0.5, 0.6) is 0 Å². The van der Waals surface area contributed by atoms with Crippen molar-refractivity contribution in [2.24, 2.45) is 0 Å². The van der Waals surface area contributed by atoms with Crippen LogP contribution in [0.15, 0.2) is 0 Å². The lowest BCUT2D eigenvalue weighted by molar-refractivity contribution is -0.345. The molecule has 0 aromatic carbocycles. The molecule has 0 spiro atoms. The number of esters is 1. The second-order valence-electron chi connectivity index (χ2n) is 8.11. The van der Waals surface area contributed by atoms with Gasteiger partial charge in [0.1, 0.15) is 6.54 Å². The topological polar surface area (TPSA) is 66.9 Å². The molecule has 200 valence electrons. The van der Waals surface area contributed by atoms with Gasteiger partial charge in [-0.25, -0.2) is 0 Å². The number of rotatable bonds is 16. The number of nitrogens with zero attached hydrogens (tertiary/aromatic N) is 2. The van der Waals surface area contributed by atoms with Gasteiger partial charge in [0.2, 0.25) is 5.91 Å². The molecule has 6 nitrogen and oxygen atoms in total. The number of amides is 2. The van der Waals surface area contributed by atoms with Gasteiger partial charge in [0.25, 0.3) is 5.91 Å². The van der Waals surface area contributed by atoms with Gasteiger partial charge >= 0.3 is 24.0 Å². The maximum atomic E-state index is 13.5. The Morgan fingerprint density at radius 2 is 1.18 bits per heavy atom. The molecule has 0 fully saturated rings. The third kappa shape index (κ3) is 10.0. The largest absolute Gasteiger partial charge is 0.464 e. The van der Waals surface area contributed by atoms with Gasteiger partial charge in [0, 0.05) is 14.1 Å². The lowest BCUT2D eigenvalue weighted by Gasteiger charge is -2.30. The molecule has 0 aliphatic rings. The van der Waals surface area contributed by atoms with Crippen molar-refractivity contribution in [2.75, 3.05) is 33.8 Å². The number of halogens is 7. The third-order valence-electron chi connectivity index (χ3n) is 5.04. The Bertz CT molecular complexity index is 658. The highest BCUT2D eigenvalue weighted by Gasteiger charge is 2.76. The van der Waals surface area contributed by atoms with E-state index in [0.29, 0.717) is 18.4 Å². The first kappa shape index (κ1) is 31.9. The van der Waals surface area contributed by atoms with E-state index in [1.165, 1.54) is 25.7 Å². The number of likely N-dealkylation sites (N-methyl/N-ethyl adjacent to an activating group) is 2. The van der Waals surface area contributed by atoms with E-state index in [1.54, 1.807) is 0 Å². The monoisotopic (exact) mass is 510 g/mol. The molecule has 2 amide bonds. The fraction of sp³-hybridized carbons (Fsp3) is 0.857. The highest BCUT2D eigenvalue weighted by atomic mass is 19.4. The molecule has 0 saturated heterocycles. The molecule has 0 aliphatic carbocycles. The molecule has 0 radical (unpaired) electrons. The van der Waals surface area contributed by atoms with Crippen molar-refractivity contribution in [3.8, 4) is 0 Å². The number of unbranched alkanes of at least 4 members (excludes halogenated alkanes) is 8. The summed E-state index contributed by atoms with van der Waals surface area (Å²) in [5, 5.41) is 0. The molecule has 34 heavy (non-hydrogen) atoms. The molecular weight excluding hydrogens is 477 g/mol. The zero-order valence-electron chi connectivity index (χ0n) is 19.7. The van der Waals surface area contributed by atoms with E-state index in [4.69, 9.17) is 4.74 Å². The van der Waals surface area contributed by atoms with Crippen molar-refractivity contribution in [1.29, 1.82) is 0 Å². The highest BCUT2D eigenvalue weighted by Crippen LogP contribution is 2.47. The van der Waals surface area contributed by atoms with Crippen LogP contribution in [0, 0.1) is 0 Å². The van der Waals surface area contributed by atoms with E-state index in [0.717, 1.165) is 32.7 Å². The van der Waals surface area contributed by atoms with Gasteiger partial charge < -0.3 is 14.5 Å². The van der Waals surface area contributed by atoms with E-state index >= 15 is 0 Å². The van der Waals surface area contributed by atoms with Crippen LogP contribution in [-0.2, 0) is 19.1 Å². The van der Waals surface area contributed by atoms with Gasteiger partial charge in [-0.1, -0.05) is 58.3 Å². The Morgan fingerprint density at radius 1 is 0.706 bits per heavy atom. The normalized spacial score (nSPS) is 12.4. The third-order valence-corrected chi connectivity index (χ3v) is 5.04. The van der Waals surface area contributed by atoms with E-state index in [1.807, 2.05) is 0 Å². The predicted molar refractivity (Wildman–Crippen MR) is 109 cm³/mol. The van der Waals surface area contributed by atoms with Gasteiger partial charge in [-0.2, -0.15) is 30.7 Å². The molecule has 0 unspecified atom stereocenters. The van der Waals surface area contributed by atoms with Crippen molar-refractivity contribution in [3.05, 3.63) is 0 Å². The Morgan fingerprint density at radius 3 is 1.65 bits per heavy atom. The fourth-order valence-electron chi connectivity index (χ4n) is 2.87. The molecule has 0 atom stereocenters. The zero-order chi connectivity index (χ0) is 26.6. The molecule has 0 bridgehead atoms. The van der Waals surface area contributed by atoms with Crippen LogP contribution < -0.4 is 0 Å². The molecule has 0 saturated carbocycles. The van der Waals surface area contributed by atoms with Crippen LogP contribution in [0.3, 0.4) is 0 Å². The van der Waals surface area contributed by atoms with Crippen molar-refractivity contribution in [1.82, 2.24) is 9.80 Å². The molecule has 0 aliphatic heterocycles. The molecular formula is C21H33F7N2O4. The van der Waals surface area contributed by atoms with Gasteiger partial charge in [-0.3, -0.25) is 14.4 Å². The van der Waals surface area contributed by atoms with E-state index in [2.05, 4.69) is 6.92 Å². The van der Waals surface area contributed by atoms with Crippen LogP contribution in [0.4, 0.5) is 30.7 Å². The second kappa shape index (κ2) is 14.3. The molecule has 0 rings (SSSR count). The van der Waals surface area contributed by atoms with Crippen molar-refractivity contribution < 1.29 is 49.9 Å². The average molecular weight is 510 g/mol. The van der Waals surface area contributed by atoms with Crippen molar-refractivity contribution in [2.45, 2.75) is 82.7 Å². The first-order chi connectivity index (χ1) is 15.6. The number of ether oxygens (including phenoxy) is 1. The van der Waals surface area contributed by atoms with E-state index in [-0.39, 0.29) is 11.5 Å². The van der Waals surface area contributed by atoms with Crippen LogP contribution in [0.25, 0.3) is 0 Å². The predicted octanol–water partition coefficient (Wildman–Crippen LogP) is 4.81. The maximum Gasteiger partial charge on any atom is 0.460 e. The number of carbonyl (C=O) groups is 3. The smallest absolute Gasteiger partial charge is 0.460 e. The summed E-state index contributed by atoms with van der Waals surface area (Å²) in [4.78, 5) is 35.7. The fourth-order valence-corrected chi connectivity index (χ4v) is 2.87. The van der Waals surface area contributed by atoms with Crippen molar-refractivity contribution in [3.63, 3.8) is 0 Å². The SMILES string of the molecule is CCCCCCCCCCCOC(=O)CN(C)C(=O)CN(C)C(=O)C(F)(F)C(F)(F)C(F)(F)F. The van der Waals surface area contributed by atoms with E-state index < -0.39 is 48.9 Å².